The van der Waals surface area contributed by atoms with E-state index in [9.17, 15) is 0 Å². The molecule has 1 saturated heterocycles. The zero-order valence-corrected chi connectivity index (χ0v) is 17.3. The van der Waals surface area contributed by atoms with Gasteiger partial charge in [-0.25, -0.2) is 4.85 Å². The normalized spacial score (nSPS) is 16.1. The van der Waals surface area contributed by atoms with Crippen molar-refractivity contribution in [2.75, 3.05) is 19.7 Å². The van der Waals surface area contributed by atoms with Crippen LogP contribution in [-0.4, -0.2) is 19.7 Å². The number of aryl methyl sites for hydroxylation is 2. The summed E-state index contributed by atoms with van der Waals surface area (Å²) in [4.78, 5) is 3.54. The van der Waals surface area contributed by atoms with Crippen LogP contribution < -0.4 is 10.1 Å². The van der Waals surface area contributed by atoms with Gasteiger partial charge in [0, 0.05) is 0 Å². The first-order valence-electron chi connectivity index (χ1n) is 10.4. The summed E-state index contributed by atoms with van der Waals surface area (Å²) in [7, 11) is 0. The Hall–Kier alpha value is -2.83. The van der Waals surface area contributed by atoms with Gasteiger partial charge in [-0.15, -0.1) is 0 Å². The Morgan fingerprint density at radius 2 is 2.07 bits per heavy atom. The Morgan fingerprint density at radius 3 is 2.79 bits per heavy atom. The molecule has 3 heteroatoms. The molecule has 1 atom stereocenters. The Morgan fingerprint density at radius 1 is 1.21 bits per heavy atom. The lowest BCUT2D eigenvalue weighted by Crippen LogP contribution is -2.09. The van der Waals surface area contributed by atoms with Crippen LogP contribution in [0.25, 0.3) is 17.0 Å². The molecule has 0 radical (unpaired) electrons. The molecule has 1 fully saturated rings. The highest BCUT2D eigenvalue weighted by Crippen LogP contribution is 2.24. The minimum absolute atomic E-state index is 0.512. The molecule has 3 rings (SSSR count). The minimum Gasteiger partial charge on any atom is -0.490 e. The SMILES string of the molecule is [C-]#[N+]c1ccc(/C=C/c2cc(CCCC3CCNC3)cc(OCC=C)c2)cc1C. The molecule has 0 aliphatic carbocycles. The van der Waals surface area contributed by atoms with Gasteiger partial charge in [0.25, 0.3) is 0 Å². The van der Waals surface area contributed by atoms with Gasteiger partial charge in [-0.3, -0.25) is 0 Å². The predicted molar refractivity (Wildman–Crippen MR) is 122 cm³/mol. The van der Waals surface area contributed by atoms with Crippen LogP contribution >= 0.6 is 0 Å². The zero-order valence-electron chi connectivity index (χ0n) is 17.3. The highest BCUT2D eigenvalue weighted by atomic mass is 16.5. The first-order valence-corrected chi connectivity index (χ1v) is 10.4. The summed E-state index contributed by atoms with van der Waals surface area (Å²) in [5.74, 6) is 1.72. The molecule has 0 spiro atoms. The van der Waals surface area contributed by atoms with E-state index in [0.29, 0.717) is 12.3 Å². The zero-order chi connectivity index (χ0) is 20.5. The van der Waals surface area contributed by atoms with Crippen molar-refractivity contribution in [3.63, 3.8) is 0 Å². The molecular weight excluding hydrogens is 356 g/mol. The number of hydrogen-bond donors (Lipinski definition) is 1. The standard InChI is InChI=1S/C26H30N2O/c1-4-14-29-25-17-23(7-5-6-22-12-13-28-19-22)16-24(18-25)9-8-21-10-11-26(27-3)20(2)15-21/h4,8-11,15-18,22,28H,1,5-7,12-14,19H2,2H3/b9-8+. The third-order valence-electron chi connectivity index (χ3n) is 5.41. The Bertz CT molecular complexity index is 901. The summed E-state index contributed by atoms with van der Waals surface area (Å²) in [5, 5.41) is 3.45. The molecular formula is C26H30N2O. The van der Waals surface area contributed by atoms with Crippen molar-refractivity contribution < 1.29 is 4.74 Å². The van der Waals surface area contributed by atoms with Crippen LogP contribution in [0.15, 0.2) is 49.1 Å². The van der Waals surface area contributed by atoms with E-state index in [1.54, 1.807) is 6.08 Å². The lowest BCUT2D eigenvalue weighted by molar-refractivity contribution is 0.362. The fraction of sp³-hybridized carbons (Fsp3) is 0.346. The second kappa shape index (κ2) is 10.6. The third-order valence-corrected chi connectivity index (χ3v) is 5.41. The number of ether oxygens (including phenoxy) is 1. The van der Waals surface area contributed by atoms with Crippen LogP contribution in [0, 0.1) is 19.4 Å². The Labute approximate surface area is 174 Å². The van der Waals surface area contributed by atoms with Crippen LogP contribution in [0.5, 0.6) is 5.75 Å². The average molecular weight is 387 g/mol. The molecule has 2 aromatic rings. The van der Waals surface area contributed by atoms with Crippen LogP contribution in [0.4, 0.5) is 5.69 Å². The van der Waals surface area contributed by atoms with Crippen molar-refractivity contribution in [1.82, 2.24) is 5.32 Å². The molecule has 1 N–H and O–H groups in total. The summed E-state index contributed by atoms with van der Waals surface area (Å²) in [6, 6.07) is 12.4. The lowest BCUT2D eigenvalue weighted by Gasteiger charge is -2.11. The summed E-state index contributed by atoms with van der Waals surface area (Å²) < 4.78 is 5.82. The molecule has 1 heterocycles. The molecule has 1 aliphatic heterocycles. The number of rotatable bonds is 9. The van der Waals surface area contributed by atoms with Crippen molar-refractivity contribution in [3.05, 3.63) is 82.7 Å². The van der Waals surface area contributed by atoms with Crippen molar-refractivity contribution in [2.24, 2.45) is 5.92 Å². The maximum absolute atomic E-state index is 7.19. The van der Waals surface area contributed by atoms with E-state index in [1.807, 2.05) is 19.1 Å². The monoisotopic (exact) mass is 386 g/mol. The van der Waals surface area contributed by atoms with Gasteiger partial charge in [0.15, 0.2) is 5.69 Å². The molecule has 1 aliphatic rings. The fourth-order valence-electron chi connectivity index (χ4n) is 3.82. The van der Waals surface area contributed by atoms with Crippen LogP contribution in [-0.2, 0) is 6.42 Å². The van der Waals surface area contributed by atoms with Gasteiger partial charge < -0.3 is 10.1 Å². The van der Waals surface area contributed by atoms with Gasteiger partial charge in [0.2, 0.25) is 0 Å². The third kappa shape index (κ3) is 6.34. The van der Waals surface area contributed by atoms with Gasteiger partial charge in [-0.05, 0) is 86.0 Å². The van der Waals surface area contributed by atoms with Gasteiger partial charge in [-0.2, -0.15) is 0 Å². The number of hydrogen-bond acceptors (Lipinski definition) is 2. The molecule has 150 valence electrons. The number of benzene rings is 2. The van der Waals surface area contributed by atoms with Gasteiger partial charge >= 0.3 is 0 Å². The minimum atomic E-state index is 0.512. The van der Waals surface area contributed by atoms with E-state index < -0.39 is 0 Å². The maximum atomic E-state index is 7.19. The van der Waals surface area contributed by atoms with Crippen molar-refractivity contribution in [3.8, 4) is 5.75 Å². The second-order valence-electron chi connectivity index (χ2n) is 7.75. The molecule has 29 heavy (non-hydrogen) atoms. The van der Waals surface area contributed by atoms with Gasteiger partial charge in [-0.1, -0.05) is 49.1 Å². The second-order valence-corrected chi connectivity index (χ2v) is 7.75. The maximum Gasteiger partial charge on any atom is 0.190 e. The molecule has 2 aromatic carbocycles. The summed E-state index contributed by atoms with van der Waals surface area (Å²) in [6.07, 6.45) is 10.9. The Kier molecular flexibility index (Phi) is 7.67. The first kappa shape index (κ1) is 20.9. The molecule has 0 saturated carbocycles. The molecule has 0 aromatic heterocycles. The van der Waals surface area contributed by atoms with E-state index in [2.05, 4.69) is 53.2 Å². The summed E-state index contributed by atoms with van der Waals surface area (Å²) >= 11 is 0. The highest BCUT2D eigenvalue weighted by Gasteiger charge is 2.13. The van der Waals surface area contributed by atoms with E-state index in [4.69, 9.17) is 11.3 Å². The topological polar surface area (TPSA) is 25.6 Å². The van der Waals surface area contributed by atoms with Crippen LogP contribution in [0.3, 0.4) is 0 Å². The van der Waals surface area contributed by atoms with Crippen LogP contribution in [0.1, 0.15) is 41.5 Å². The van der Waals surface area contributed by atoms with Gasteiger partial charge in [0.1, 0.15) is 12.4 Å². The van der Waals surface area contributed by atoms with E-state index in [-0.39, 0.29) is 0 Å². The van der Waals surface area contributed by atoms with E-state index in [0.717, 1.165) is 34.8 Å². The Balaban J connectivity index is 1.72. The summed E-state index contributed by atoms with van der Waals surface area (Å²) in [5.41, 5.74) is 5.27. The molecule has 0 bridgehead atoms. The van der Waals surface area contributed by atoms with Gasteiger partial charge in [0.05, 0.1) is 6.57 Å². The largest absolute Gasteiger partial charge is 0.490 e. The van der Waals surface area contributed by atoms with Crippen molar-refractivity contribution in [2.45, 2.75) is 32.6 Å². The first-order chi connectivity index (χ1) is 14.2. The molecule has 0 amide bonds. The quantitative estimate of drug-likeness (QED) is 0.315. The average Bonchev–Trinajstić information content (AvgIpc) is 3.24. The summed E-state index contributed by atoms with van der Waals surface area (Å²) in [6.45, 7) is 15.8. The van der Waals surface area contributed by atoms with Crippen molar-refractivity contribution >= 4 is 17.8 Å². The smallest absolute Gasteiger partial charge is 0.190 e. The van der Waals surface area contributed by atoms with E-state index >= 15 is 0 Å². The van der Waals surface area contributed by atoms with Crippen molar-refractivity contribution in [1.29, 1.82) is 0 Å². The predicted octanol–water partition coefficient (Wildman–Crippen LogP) is 6.21. The lowest BCUT2D eigenvalue weighted by atomic mass is 9.98. The number of nitrogens with one attached hydrogen (secondary N) is 1. The molecule has 1 unspecified atom stereocenters. The number of nitrogens with zero attached hydrogens (tertiary/aromatic N) is 1. The van der Waals surface area contributed by atoms with E-state index in [1.165, 1.54) is 37.9 Å². The molecule has 3 nitrogen and oxygen atoms in total. The van der Waals surface area contributed by atoms with Crippen LogP contribution in [0.2, 0.25) is 0 Å². The fourth-order valence-corrected chi connectivity index (χ4v) is 3.82. The highest BCUT2D eigenvalue weighted by molar-refractivity contribution is 5.72.